The molecule has 3 nitrogen and oxygen atoms in total. The Morgan fingerprint density at radius 3 is 2.30 bits per heavy atom. The third-order valence-corrected chi connectivity index (χ3v) is 4.32. The van der Waals surface area contributed by atoms with Crippen LogP contribution < -0.4 is 0 Å². The summed E-state index contributed by atoms with van der Waals surface area (Å²) in [5, 5.41) is 8.44. The summed E-state index contributed by atoms with van der Waals surface area (Å²) in [6, 6.07) is 18.4. The topological polar surface area (TPSA) is 38.7 Å². The van der Waals surface area contributed by atoms with Gasteiger partial charge in [0.1, 0.15) is 17.3 Å². The zero-order chi connectivity index (χ0) is 18.8. The van der Waals surface area contributed by atoms with E-state index >= 15 is 0 Å². The van der Waals surface area contributed by atoms with Crippen LogP contribution in [0.25, 0.3) is 33.6 Å². The fraction of sp³-hybridized carbons (Fsp3) is 0.0455. The molecule has 0 aliphatic carbocycles. The summed E-state index contributed by atoms with van der Waals surface area (Å²) in [5.74, 6) is -1.09. The Morgan fingerprint density at radius 1 is 0.778 bits per heavy atom. The predicted octanol–water partition coefficient (Wildman–Crippen LogP) is 5.46. The molecule has 0 atom stereocenters. The van der Waals surface area contributed by atoms with E-state index in [1.807, 2.05) is 55.5 Å². The normalized spacial score (nSPS) is 10.8. The smallest absolute Gasteiger partial charge is 0.132 e. The van der Waals surface area contributed by atoms with E-state index in [-0.39, 0.29) is 11.3 Å². The van der Waals surface area contributed by atoms with Crippen LogP contribution in [0.5, 0.6) is 0 Å². The number of pyridine rings is 1. The second-order valence-electron chi connectivity index (χ2n) is 6.09. The Kier molecular flexibility index (Phi) is 4.42. The quantitative estimate of drug-likeness (QED) is 0.488. The van der Waals surface area contributed by atoms with Crippen LogP contribution in [0.1, 0.15) is 5.69 Å². The minimum atomic E-state index is -0.557. The van der Waals surface area contributed by atoms with Crippen LogP contribution in [0, 0.1) is 18.6 Å². The van der Waals surface area contributed by atoms with Gasteiger partial charge in [-0.1, -0.05) is 36.4 Å². The highest BCUT2D eigenvalue weighted by molar-refractivity contribution is 5.92. The van der Waals surface area contributed by atoms with Crippen LogP contribution in [0.15, 0.2) is 72.9 Å². The molecule has 0 N–H and O–H groups in total. The molecule has 2 heterocycles. The van der Waals surface area contributed by atoms with Crippen molar-refractivity contribution in [2.45, 2.75) is 6.92 Å². The summed E-state index contributed by atoms with van der Waals surface area (Å²) in [6.45, 7) is 1.83. The average molecular weight is 359 g/mol. The molecule has 0 fully saturated rings. The highest BCUT2D eigenvalue weighted by Gasteiger charge is 2.21. The van der Waals surface area contributed by atoms with Gasteiger partial charge in [0.25, 0.3) is 0 Å². The van der Waals surface area contributed by atoms with Gasteiger partial charge in [-0.05, 0) is 42.8 Å². The standard InChI is InChI=1S/C22H15F2N3/c1-14-20(19-9-5-6-12-25-19)21(15-7-3-2-4-8-15)22(27-26-14)17-13-16(23)10-11-18(17)24/h2-13H,1H3. The molecule has 0 bridgehead atoms. The molecule has 0 unspecified atom stereocenters. The molecule has 5 heteroatoms. The van der Waals surface area contributed by atoms with Crippen molar-refractivity contribution in [3.63, 3.8) is 0 Å². The Bertz CT molecular complexity index is 1100. The van der Waals surface area contributed by atoms with Crippen molar-refractivity contribution in [3.05, 3.63) is 90.3 Å². The van der Waals surface area contributed by atoms with E-state index in [1.54, 1.807) is 6.20 Å². The third kappa shape index (κ3) is 3.19. The van der Waals surface area contributed by atoms with Gasteiger partial charge in [-0.25, -0.2) is 8.78 Å². The lowest BCUT2D eigenvalue weighted by Crippen LogP contribution is -2.02. The first kappa shape index (κ1) is 17.0. The summed E-state index contributed by atoms with van der Waals surface area (Å²) < 4.78 is 28.4. The number of hydrogen-bond acceptors (Lipinski definition) is 3. The van der Waals surface area contributed by atoms with Gasteiger partial charge in [0.05, 0.1) is 11.4 Å². The van der Waals surface area contributed by atoms with E-state index in [1.165, 1.54) is 0 Å². The highest BCUT2D eigenvalue weighted by atomic mass is 19.1. The van der Waals surface area contributed by atoms with E-state index in [0.29, 0.717) is 17.0 Å². The minimum absolute atomic E-state index is 0.0681. The number of aryl methyl sites for hydroxylation is 1. The minimum Gasteiger partial charge on any atom is -0.256 e. The number of hydrogen-bond donors (Lipinski definition) is 0. The lowest BCUT2D eigenvalue weighted by atomic mass is 9.92. The van der Waals surface area contributed by atoms with Crippen LogP contribution in [0.2, 0.25) is 0 Å². The van der Waals surface area contributed by atoms with Crippen LogP contribution in [-0.2, 0) is 0 Å². The maximum Gasteiger partial charge on any atom is 0.132 e. The van der Waals surface area contributed by atoms with Gasteiger partial charge < -0.3 is 0 Å². The average Bonchev–Trinajstić information content (AvgIpc) is 2.71. The maximum absolute atomic E-state index is 14.5. The molecule has 0 saturated heterocycles. The zero-order valence-electron chi connectivity index (χ0n) is 14.5. The number of rotatable bonds is 3. The zero-order valence-corrected chi connectivity index (χ0v) is 14.5. The largest absolute Gasteiger partial charge is 0.256 e. The number of benzene rings is 2. The fourth-order valence-corrected chi connectivity index (χ4v) is 3.10. The van der Waals surface area contributed by atoms with E-state index < -0.39 is 11.6 Å². The second kappa shape index (κ2) is 7.03. The van der Waals surface area contributed by atoms with E-state index in [4.69, 9.17) is 0 Å². The Morgan fingerprint density at radius 2 is 1.56 bits per heavy atom. The number of halogens is 2. The summed E-state index contributed by atoms with van der Waals surface area (Å²) in [5.41, 5.74) is 3.95. The summed E-state index contributed by atoms with van der Waals surface area (Å²) in [7, 11) is 0. The first-order valence-electron chi connectivity index (χ1n) is 8.44. The van der Waals surface area contributed by atoms with Crippen LogP contribution in [-0.4, -0.2) is 15.2 Å². The Balaban J connectivity index is 2.10. The van der Waals surface area contributed by atoms with Crippen LogP contribution in [0.4, 0.5) is 8.78 Å². The molecule has 0 radical (unpaired) electrons. The van der Waals surface area contributed by atoms with E-state index in [0.717, 1.165) is 29.3 Å². The molecule has 4 aromatic rings. The van der Waals surface area contributed by atoms with Crippen molar-refractivity contribution in [1.29, 1.82) is 0 Å². The molecule has 0 saturated carbocycles. The molecule has 2 aromatic heterocycles. The van der Waals surface area contributed by atoms with Crippen LogP contribution >= 0.6 is 0 Å². The molecule has 27 heavy (non-hydrogen) atoms. The van der Waals surface area contributed by atoms with Crippen molar-refractivity contribution >= 4 is 0 Å². The van der Waals surface area contributed by atoms with Gasteiger partial charge >= 0.3 is 0 Å². The summed E-state index contributed by atoms with van der Waals surface area (Å²) >= 11 is 0. The van der Waals surface area contributed by atoms with Gasteiger partial charge in [-0.2, -0.15) is 5.10 Å². The van der Waals surface area contributed by atoms with Gasteiger partial charge in [-0.15, -0.1) is 5.10 Å². The molecular formula is C22H15F2N3. The lowest BCUT2D eigenvalue weighted by Gasteiger charge is -2.16. The van der Waals surface area contributed by atoms with Crippen molar-refractivity contribution < 1.29 is 8.78 Å². The predicted molar refractivity (Wildman–Crippen MR) is 101 cm³/mol. The van der Waals surface area contributed by atoms with Gasteiger partial charge in [0.15, 0.2) is 0 Å². The highest BCUT2D eigenvalue weighted by Crippen LogP contribution is 2.39. The molecule has 0 amide bonds. The van der Waals surface area contributed by atoms with Crippen molar-refractivity contribution in [2.75, 3.05) is 0 Å². The van der Waals surface area contributed by atoms with Gasteiger partial charge in [-0.3, -0.25) is 4.98 Å². The molecule has 0 aliphatic rings. The molecule has 132 valence electrons. The van der Waals surface area contributed by atoms with E-state index in [9.17, 15) is 8.78 Å². The van der Waals surface area contributed by atoms with Crippen LogP contribution in [0.3, 0.4) is 0 Å². The van der Waals surface area contributed by atoms with Crippen molar-refractivity contribution in [2.24, 2.45) is 0 Å². The fourth-order valence-electron chi connectivity index (χ4n) is 3.10. The van der Waals surface area contributed by atoms with Crippen molar-refractivity contribution in [3.8, 4) is 33.6 Å². The monoisotopic (exact) mass is 359 g/mol. The molecule has 4 rings (SSSR count). The Hall–Kier alpha value is -3.47. The number of aromatic nitrogens is 3. The first-order chi connectivity index (χ1) is 13.1. The molecular weight excluding hydrogens is 344 g/mol. The van der Waals surface area contributed by atoms with Gasteiger partial charge in [0, 0.05) is 22.9 Å². The maximum atomic E-state index is 14.5. The second-order valence-corrected chi connectivity index (χ2v) is 6.09. The van der Waals surface area contributed by atoms with Gasteiger partial charge in [0.2, 0.25) is 0 Å². The van der Waals surface area contributed by atoms with E-state index in [2.05, 4.69) is 15.2 Å². The summed E-state index contributed by atoms with van der Waals surface area (Å²) in [4.78, 5) is 4.44. The summed E-state index contributed by atoms with van der Waals surface area (Å²) in [6.07, 6.45) is 1.69. The molecule has 2 aromatic carbocycles. The lowest BCUT2D eigenvalue weighted by molar-refractivity contribution is 0.602. The van der Waals surface area contributed by atoms with Crippen molar-refractivity contribution in [1.82, 2.24) is 15.2 Å². The first-order valence-corrected chi connectivity index (χ1v) is 8.44. The molecule has 0 spiro atoms. The molecule has 0 aliphatic heterocycles. The Labute approximate surface area is 155 Å². The third-order valence-electron chi connectivity index (χ3n) is 4.32. The SMILES string of the molecule is Cc1nnc(-c2cc(F)ccc2F)c(-c2ccccc2)c1-c1ccccn1. The number of nitrogens with zero attached hydrogens (tertiary/aromatic N) is 3.